The van der Waals surface area contributed by atoms with Gasteiger partial charge in [-0.1, -0.05) is 6.92 Å². The molecule has 2 unspecified atom stereocenters. The van der Waals surface area contributed by atoms with Gasteiger partial charge in [0.25, 0.3) is 0 Å². The van der Waals surface area contributed by atoms with Crippen LogP contribution in [0, 0.1) is 0 Å². The van der Waals surface area contributed by atoms with Gasteiger partial charge in [-0.3, -0.25) is 0 Å². The molecule has 0 aliphatic carbocycles. The number of rotatable bonds is 3. The van der Waals surface area contributed by atoms with Crippen LogP contribution in [0.25, 0.3) is 11.2 Å². The molecule has 5 nitrogen and oxygen atoms in total. The second-order valence-electron chi connectivity index (χ2n) is 6.92. The molecule has 0 aromatic carbocycles. The Morgan fingerprint density at radius 1 is 1.30 bits per heavy atom. The predicted molar refractivity (Wildman–Crippen MR) is 92.8 cm³/mol. The number of nitrogens with one attached hydrogen (secondary N) is 1. The van der Waals surface area contributed by atoms with Crippen molar-refractivity contribution in [3.63, 3.8) is 0 Å². The number of pyridine rings is 1. The quantitative estimate of drug-likeness (QED) is 0.946. The lowest BCUT2D eigenvalue weighted by atomic mass is 9.97. The average Bonchev–Trinajstić information content (AvgIpc) is 3.02. The first-order valence-corrected chi connectivity index (χ1v) is 9.12. The summed E-state index contributed by atoms with van der Waals surface area (Å²) in [4.78, 5) is 12.2. The third-order valence-electron chi connectivity index (χ3n) is 5.43. The maximum Gasteiger partial charge on any atom is 0.160 e. The monoisotopic (exact) mass is 313 g/mol. The third kappa shape index (κ3) is 2.88. The van der Waals surface area contributed by atoms with Gasteiger partial charge in [-0.2, -0.15) is 0 Å². The van der Waals surface area contributed by atoms with Gasteiger partial charge in [-0.15, -0.1) is 0 Å². The van der Waals surface area contributed by atoms with Crippen molar-refractivity contribution in [1.82, 2.24) is 24.8 Å². The van der Waals surface area contributed by atoms with Gasteiger partial charge in [0.1, 0.15) is 11.3 Å². The molecular weight excluding hydrogens is 286 g/mol. The van der Waals surface area contributed by atoms with E-state index in [0.717, 1.165) is 37.3 Å². The zero-order valence-electron chi connectivity index (χ0n) is 14.0. The molecule has 2 aromatic heterocycles. The minimum absolute atomic E-state index is 0.514. The number of likely N-dealkylation sites (N-methyl/N-ethyl adjacent to an activating group) is 1. The summed E-state index contributed by atoms with van der Waals surface area (Å²) >= 11 is 0. The van der Waals surface area contributed by atoms with Gasteiger partial charge in [-0.25, -0.2) is 9.97 Å². The predicted octanol–water partition coefficient (Wildman–Crippen LogP) is 2.56. The van der Waals surface area contributed by atoms with Crippen molar-refractivity contribution >= 4 is 11.2 Å². The Balaban J connectivity index is 1.76. The van der Waals surface area contributed by atoms with Crippen molar-refractivity contribution in [2.24, 2.45) is 0 Å². The molecular formula is C18H27N5. The van der Waals surface area contributed by atoms with E-state index in [-0.39, 0.29) is 0 Å². The Hall–Kier alpha value is -1.46. The number of likely N-dealkylation sites (tertiary alicyclic amines) is 1. The normalized spacial score (nSPS) is 26.7. The van der Waals surface area contributed by atoms with Crippen molar-refractivity contribution in [3.8, 4) is 0 Å². The fourth-order valence-electron chi connectivity index (χ4n) is 4.20. The molecule has 0 spiro atoms. The highest BCUT2D eigenvalue weighted by Gasteiger charge is 2.29. The first-order valence-electron chi connectivity index (χ1n) is 9.12. The topological polar surface area (TPSA) is 46.0 Å². The Morgan fingerprint density at radius 3 is 3.09 bits per heavy atom. The fraction of sp³-hybridized carbons (Fsp3) is 0.667. The lowest BCUT2D eigenvalue weighted by Crippen LogP contribution is -2.38. The Kier molecular flexibility index (Phi) is 4.31. The van der Waals surface area contributed by atoms with Crippen LogP contribution in [0.1, 0.15) is 50.4 Å². The van der Waals surface area contributed by atoms with Crippen LogP contribution in [0.2, 0.25) is 0 Å². The van der Waals surface area contributed by atoms with E-state index in [9.17, 15) is 0 Å². The average molecular weight is 313 g/mol. The first-order chi connectivity index (χ1) is 11.4. The zero-order chi connectivity index (χ0) is 15.6. The van der Waals surface area contributed by atoms with Crippen molar-refractivity contribution in [1.29, 1.82) is 0 Å². The molecule has 0 amide bonds. The highest BCUT2D eigenvalue weighted by Crippen LogP contribution is 2.32. The number of piperidine rings is 2. The number of fused-ring (bicyclic) bond motifs is 1. The van der Waals surface area contributed by atoms with Crippen molar-refractivity contribution < 1.29 is 0 Å². The standard InChI is InChI=1S/C18H27N5/c1-2-22-11-5-7-15(13-22)23-17(14-6-3-9-19-12-14)21-16-8-4-10-20-18(16)23/h4,8,10,14-15,19H,2-3,5-7,9,11-13H2,1H3. The van der Waals surface area contributed by atoms with Gasteiger partial charge >= 0.3 is 0 Å². The number of aromatic nitrogens is 3. The number of nitrogens with zero attached hydrogens (tertiary/aromatic N) is 4. The molecule has 1 N–H and O–H groups in total. The maximum atomic E-state index is 5.00. The van der Waals surface area contributed by atoms with Crippen LogP contribution in [0.15, 0.2) is 18.3 Å². The molecule has 2 aliphatic rings. The second-order valence-corrected chi connectivity index (χ2v) is 6.92. The Morgan fingerprint density at radius 2 is 2.26 bits per heavy atom. The van der Waals surface area contributed by atoms with E-state index < -0.39 is 0 Å². The number of hydrogen-bond donors (Lipinski definition) is 1. The maximum absolute atomic E-state index is 5.00. The fourth-order valence-corrected chi connectivity index (χ4v) is 4.20. The highest BCUT2D eigenvalue weighted by atomic mass is 15.2. The van der Waals surface area contributed by atoms with E-state index >= 15 is 0 Å². The largest absolute Gasteiger partial charge is 0.316 e. The molecule has 23 heavy (non-hydrogen) atoms. The summed E-state index contributed by atoms with van der Waals surface area (Å²) in [5.41, 5.74) is 2.14. The van der Waals surface area contributed by atoms with E-state index in [4.69, 9.17) is 4.98 Å². The Labute approximate surface area is 138 Å². The van der Waals surface area contributed by atoms with Gasteiger partial charge in [0.15, 0.2) is 5.65 Å². The molecule has 124 valence electrons. The van der Waals surface area contributed by atoms with Gasteiger partial charge < -0.3 is 14.8 Å². The summed E-state index contributed by atoms with van der Waals surface area (Å²) in [5.74, 6) is 1.78. The molecule has 2 aliphatic heterocycles. The van der Waals surface area contributed by atoms with Crippen LogP contribution >= 0.6 is 0 Å². The number of imidazole rings is 1. The second kappa shape index (κ2) is 6.57. The minimum atomic E-state index is 0.514. The van der Waals surface area contributed by atoms with E-state index in [1.165, 1.54) is 38.1 Å². The summed E-state index contributed by atoms with van der Waals surface area (Å²) in [7, 11) is 0. The van der Waals surface area contributed by atoms with Gasteiger partial charge in [0, 0.05) is 31.2 Å². The summed E-state index contributed by atoms with van der Waals surface area (Å²) in [6.07, 6.45) is 6.90. The zero-order valence-corrected chi connectivity index (χ0v) is 14.0. The molecule has 4 heterocycles. The van der Waals surface area contributed by atoms with Crippen LogP contribution in [-0.4, -0.2) is 52.2 Å². The molecule has 0 radical (unpaired) electrons. The van der Waals surface area contributed by atoms with Crippen molar-refractivity contribution in [2.75, 3.05) is 32.7 Å². The molecule has 2 fully saturated rings. The van der Waals surface area contributed by atoms with Gasteiger partial charge in [0.2, 0.25) is 0 Å². The van der Waals surface area contributed by atoms with E-state index in [1.54, 1.807) is 0 Å². The summed E-state index contributed by atoms with van der Waals surface area (Å²) in [6.45, 7) is 7.95. The van der Waals surface area contributed by atoms with Crippen molar-refractivity contribution in [2.45, 2.75) is 44.6 Å². The van der Waals surface area contributed by atoms with E-state index in [0.29, 0.717) is 12.0 Å². The molecule has 0 saturated carbocycles. The molecule has 0 bridgehead atoms. The SMILES string of the molecule is CCN1CCCC(n2c(C3CCCNC3)nc3cccnc32)C1. The first kappa shape index (κ1) is 15.1. The summed E-state index contributed by atoms with van der Waals surface area (Å²) < 4.78 is 2.48. The van der Waals surface area contributed by atoms with Crippen LogP contribution in [0.4, 0.5) is 0 Å². The third-order valence-corrected chi connectivity index (χ3v) is 5.43. The summed E-state index contributed by atoms with van der Waals surface area (Å²) in [6, 6.07) is 4.63. The Bertz CT molecular complexity index is 658. The van der Waals surface area contributed by atoms with Crippen molar-refractivity contribution in [3.05, 3.63) is 24.2 Å². The number of hydrogen-bond acceptors (Lipinski definition) is 4. The molecule has 4 rings (SSSR count). The van der Waals surface area contributed by atoms with E-state index in [1.807, 2.05) is 12.3 Å². The molecule has 2 aromatic rings. The lowest BCUT2D eigenvalue weighted by Gasteiger charge is -2.34. The highest BCUT2D eigenvalue weighted by molar-refractivity contribution is 5.71. The smallest absolute Gasteiger partial charge is 0.160 e. The van der Waals surface area contributed by atoms with Crippen LogP contribution < -0.4 is 5.32 Å². The minimum Gasteiger partial charge on any atom is -0.316 e. The summed E-state index contributed by atoms with van der Waals surface area (Å²) in [5, 5.41) is 3.54. The van der Waals surface area contributed by atoms with Crippen LogP contribution in [0.3, 0.4) is 0 Å². The van der Waals surface area contributed by atoms with Gasteiger partial charge in [0.05, 0.1) is 0 Å². The lowest BCUT2D eigenvalue weighted by molar-refractivity contribution is 0.183. The van der Waals surface area contributed by atoms with E-state index in [2.05, 4.69) is 32.8 Å². The molecule has 2 saturated heterocycles. The molecule has 5 heteroatoms. The molecule has 2 atom stereocenters. The van der Waals surface area contributed by atoms with Gasteiger partial charge in [-0.05, 0) is 57.5 Å². The van der Waals surface area contributed by atoms with Crippen LogP contribution in [0.5, 0.6) is 0 Å². The van der Waals surface area contributed by atoms with Crippen LogP contribution in [-0.2, 0) is 0 Å².